The minimum Gasteiger partial charge on any atom is -0.350 e. The lowest BCUT2D eigenvalue weighted by Crippen LogP contribution is -2.19. The van der Waals surface area contributed by atoms with Crippen molar-refractivity contribution in [2.45, 2.75) is 0 Å². The largest absolute Gasteiger partial charge is 0.350 e. The quantitative estimate of drug-likeness (QED) is 0.767. The number of nitrogens with zero attached hydrogens (tertiary/aromatic N) is 3. The van der Waals surface area contributed by atoms with Crippen LogP contribution in [0.2, 0.25) is 0 Å². The zero-order valence-electron chi connectivity index (χ0n) is 8.21. The van der Waals surface area contributed by atoms with Gasteiger partial charge in [0.05, 0.1) is 11.6 Å². The molecule has 0 aliphatic rings. The van der Waals surface area contributed by atoms with Crippen molar-refractivity contribution in [3.8, 4) is 17.3 Å². The highest BCUT2D eigenvalue weighted by atomic mass is 16.2. The fourth-order valence-corrected chi connectivity index (χ4v) is 1.28. The number of primary amides is 1. The Bertz CT molecular complexity index is 580. The first-order chi connectivity index (χ1) is 7.70. The molecule has 0 atom stereocenters. The number of amides is 1. The molecule has 1 amide bonds. The number of hydrogen-bond donors (Lipinski definition) is 1. The number of aromatic nitrogens is 2. The normalized spacial score (nSPS) is 9.69. The van der Waals surface area contributed by atoms with E-state index >= 15 is 0 Å². The van der Waals surface area contributed by atoms with Gasteiger partial charge in [0.2, 0.25) is 0 Å². The fraction of sp³-hybridized carbons (Fsp3) is 0. The average Bonchev–Trinajstić information content (AvgIpc) is 2.78. The fourth-order valence-electron chi connectivity index (χ4n) is 1.28. The van der Waals surface area contributed by atoms with Gasteiger partial charge in [-0.3, -0.25) is 0 Å². The van der Waals surface area contributed by atoms with Crippen LogP contribution < -0.4 is 5.73 Å². The number of carbonyl (C=O) groups excluding carboxylic acids is 1. The van der Waals surface area contributed by atoms with E-state index in [4.69, 9.17) is 11.0 Å². The average molecular weight is 211 g/mol. The van der Waals surface area contributed by atoms with Crippen molar-refractivity contribution in [2.75, 3.05) is 0 Å². The topological polar surface area (TPSA) is 84.7 Å². The Labute approximate surface area is 91.7 Å². The molecule has 0 aliphatic carbocycles. The highest BCUT2D eigenvalue weighted by Gasteiger charge is 2.06. The predicted molar refractivity (Wildman–Crippen MR) is 56.2 cm³/mol. The molecule has 0 aliphatic heterocycles. The third kappa shape index (κ3) is 1.77. The van der Waals surface area contributed by atoms with E-state index < -0.39 is 6.03 Å². The summed E-state index contributed by atoms with van der Waals surface area (Å²) >= 11 is 0. The number of carbonyl (C=O) groups is 1. The summed E-state index contributed by atoms with van der Waals surface area (Å²) in [5.41, 5.74) is 6.78. The van der Waals surface area contributed by atoms with E-state index in [1.165, 1.54) is 6.20 Å². The monoisotopic (exact) mass is 211 g/mol. The maximum atomic E-state index is 10.8. The van der Waals surface area contributed by atoms with E-state index in [1.54, 1.807) is 24.3 Å². The van der Waals surface area contributed by atoms with Gasteiger partial charge in [-0.2, -0.15) is 15.0 Å². The highest BCUT2D eigenvalue weighted by molar-refractivity contribution is 5.74. The van der Waals surface area contributed by atoms with E-state index in [-0.39, 0.29) is 0 Å². The van der Waals surface area contributed by atoms with Crippen LogP contribution in [-0.4, -0.2) is 15.8 Å². The summed E-state index contributed by atoms with van der Waals surface area (Å²) in [5.74, 6) is 0. The Morgan fingerprint density at radius 2 is 2.38 bits per heavy atom. The van der Waals surface area contributed by atoms with Crippen molar-refractivity contribution < 1.29 is 4.79 Å². The van der Waals surface area contributed by atoms with Gasteiger partial charge in [-0.05, 0) is 12.1 Å². The molecule has 5 heteroatoms. The zero-order chi connectivity index (χ0) is 11.5. The second kappa shape index (κ2) is 3.87. The van der Waals surface area contributed by atoms with Gasteiger partial charge < -0.3 is 5.73 Å². The smallest absolute Gasteiger partial charge is 0.339 e. The molecule has 0 fully saturated rings. The van der Waals surface area contributed by atoms with Crippen LogP contribution in [0.1, 0.15) is 5.56 Å². The van der Waals surface area contributed by atoms with E-state index in [0.29, 0.717) is 11.3 Å². The second-order valence-corrected chi connectivity index (χ2v) is 3.10. The number of benzene rings is 1. The molecule has 1 radical (unpaired) electrons. The summed E-state index contributed by atoms with van der Waals surface area (Å²) in [5, 5.41) is 12.7. The maximum Gasteiger partial charge on any atom is 0.339 e. The molecular weight excluding hydrogens is 204 g/mol. The lowest BCUT2D eigenvalue weighted by molar-refractivity contribution is 0.248. The number of nitriles is 1. The van der Waals surface area contributed by atoms with Crippen molar-refractivity contribution in [1.82, 2.24) is 9.78 Å². The maximum absolute atomic E-state index is 10.8. The Morgan fingerprint density at radius 3 is 3.00 bits per heavy atom. The van der Waals surface area contributed by atoms with Crippen LogP contribution >= 0.6 is 0 Å². The van der Waals surface area contributed by atoms with Crippen molar-refractivity contribution in [3.05, 3.63) is 42.1 Å². The molecule has 2 rings (SSSR count). The summed E-state index contributed by atoms with van der Waals surface area (Å²) in [6.07, 6.45) is 1.36. The third-order valence-corrected chi connectivity index (χ3v) is 2.02. The lowest BCUT2D eigenvalue weighted by atomic mass is 10.1. The van der Waals surface area contributed by atoms with Crippen LogP contribution in [0.5, 0.6) is 0 Å². The number of rotatable bonds is 1. The van der Waals surface area contributed by atoms with Crippen molar-refractivity contribution >= 4 is 6.03 Å². The van der Waals surface area contributed by atoms with Crippen molar-refractivity contribution in [3.63, 3.8) is 0 Å². The van der Waals surface area contributed by atoms with Gasteiger partial charge in [0, 0.05) is 17.8 Å². The summed E-state index contributed by atoms with van der Waals surface area (Å²) in [6.45, 7) is 0. The van der Waals surface area contributed by atoms with E-state index in [9.17, 15) is 4.79 Å². The molecular formula is C11H7N4O. The molecule has 0 spiro atoms. The Hall–Kier alpha value is -2.61. The number of nitrogens with two attached hydrogens (primary N) is 1. The van der Waals surface area contributed by atoms with Crippen molar-refractivity contribution in [1.29, 1.82) is 5.26 Å². The van der Waals surface area contributed by atoms with Crippen LogP contribution in [0.25, 0.3) is 11.3 Å². The van der Waals surface area contributed by atoms with Crippen LogP contribution in [0.4, 0.5) is 4.79 Å². The van der Waals surface area contributed by atoms with Gasteiger partial charge in [0.1, 0.15) is 5.69 Å². The predicted octanol–water partition coefficient (Wildman–Crippen LogP) is 1.15. The first-order valence-electron chi connectivity index (χ1n) is 4.48. The van der Waals surface area contributed by atoms with Gasteiger partial charge in [-0.1, -0.05) is 12.1 Å². The SMILES string of the molecule is N#Cc1cccc(-c2[c]cn(C(N)=O)n2)c1. The first kappa shape index (κ1) is 9.93. The molecule has 0 unspecified atom stereocenters. The first-order valence-corrected chi connectivity index (χ1v) is 4.48. The van der Waals surface area contributed by atoms with E-state index in [0.717, 1.165) is 10.2 Å². The van der Waals surface area contributed by atoms with Crippen LogP contribution in [0.3, 0.4) is 0 Å². The van der Waals surface area contributed by atoms with Crippen molar-refractivity contribution in [2.24, 2.45) is 5.73 Å². The Morgan fingerprint density at radius 1 is 1.56 bits per heavy atom. The summed E-state index contributed by atoms with van der Waals surface area (Å²) in [4.78, 5) is 10.8. The Kier molecular flexibility index (Phi) is 2.40. The van der Waals surface area contributed by atoms with Gasteiger partial charge >= 0.3 is 6.03 Å². The minimum absolute atomic E-state index is 0.482. The summed E-state index contributed by atoms with van der Waals surface area (Å²) < 4.78 is 0.994. The Balaban J connectivity index is 2.43. The molecule has 5 nitrogen and oxygen atoms in total. The van der Waals surface area contributed by atoms with Gasteiger partial charge in [0.25, 0.3) is 0 Å². The van der Waals surface area contributed by atoms with Gasteiger partial charge in [-0.15, -0.1) is 0 Å². The third-order valence-electron chi connectivity index (χ3n) is 2.02. The lowest BCUT2D eigenvalue weighted by Gasteiger charge is -1.96. The molecule has 1 aromatic heterocycles. The minimum atomic E-state index is -0.668. The standard InChI is InChI=1S/C11H7N4O/c12-7-8-2-1-3-9(6-8)10-4-5-15(14-10)11(13)16/h1-3,5-6H,(H2,13,16). The molecule has 2 aromatic rings. The molecule has 0 saturated heterocycles. The number of hydrogen-bond acceptors (Lipinski definition) is 3. The van der Waals surface area contributed by atoms with Crippen LogP contribution in [0.15, 0.2) is 30.5 Å². The summed E-state index contributed by atoms with van der Waals surface area (Å²) in [6, 6.07) is 11.0. The van der Waals surface area contributed by atoms with Crippen LogP contribution in [-0.2, 0) is 0 Å². The molecule has 77 valence electrons. The molecule has 1 heterocycles. The molecule has 0 saturated carbocycles. The van der Waals surface area contributed by atoms with E-state index in [1.807, 2.05) is 6.07 Å². The second-order valence-electron chi connectivity index (χ2n) is 3.10. The highest BCUT2D eigenvalue weighted by Crippen LogP contribution is 2.17. The van der Waals surface area contributed by atoms with Gasteiger partial charge in [-0.25, -0.2) is 4.79 Å². The molecule has 16 heavy (non-hydrogen) atoms. The van der Waals surface area contributed by atoms with Gasteiger partial charge in [0.15, 0.2) is 0 Å². The molecule has 2 N–H and O–H groups in total. The van der Waals surface area contributed by atoms with Crippen LogP contribution in [0, 0.1) is 17.4 Å². The van der Waals surface area contributed by atoms with E-state index in [2.05, 4.69) is 11.2 Å². The molecule has 1 aromatic carbocycles. The summed E-state index contributed by atoms with van der Waals surface area (Å²) in [7, 11) is 0. The zero-order valence-corrected chi connectivity index (χ0v) is 8.21. The molecule has 0 bridgehead atoms.